The minimum atomic E-state index is -3.92. The van der Waals surface area contributed by atoms with E-state index in [1.807, 2.05) is 44.2 Å². The number of pyridine rings is 1. The molecule has 2 aromatic rings. The van der Waals surface area contributed by atoms with Gasteiger partial charge in [-0.1, -0.05) is 45.8 Å². The second-order valence-electron chi connectivity index (χ2n) is 14.2. The van der Waals surface area contributed by atoms with E-state index in [2.05, 4.69) is 21.9 Å². The van der Waals surface area contributed by atoms with E-state index in [-0.39, 0.29) is 43.6 Å². The monoisotopic (exact) mass is 682 g/mol. The number of rotatable bonds is 13. The molecule has 0 spiro atoms. The molecule has 48 heavy (non-hydrogen) atoms. The van der Waals surface area contributed by atoms with Crippen LogP contribution >= 0.6 is 0 Å². The fourth-order valence-electron chi connectivity index (χ4n) is 6.51. The highest BCUT2D eigenvalue weighted by Gasteiger charge is 2.63. The molecular formula is C35H46N4O8S. The number of benzene rings is 1. The van der Waals surface area contributed by atoms with Crippen LogP contribution in [0.3, 0.4) is 0 Å². The molecule has 2 aliphatic heterocycles. The van der Waals surface area contributed by atoms with Crippen molar-refractivity contribution in [2.24, 2.45) is 11.8 Å². The molecule has 13 heteroatoms. The van der Waals surface area contributed by atoms with Crippen molar-refractivity contribution < 1.29 is 37.0 Å². The number of hydrogen-bond donors (Lipinski definition) is 2. The number of sulfonamides is 1. The number of carbonyl (C=O) groups is 3. The van der Waals surface area contributed by atoms with Gasteiger partial charge in [-0.15, -0.1) is 0 Å². The number of fused-ring (bicyclic) bond motifs is 3. The summed E-state index contributed by atoms with van der Waals surface area (Å²) in [7, 11) is -3.92. The Kier molecular flexibility index (Phi) is 9.36. The Morgan fingerprint density at radius 1 is 1.15 bits per heavy atom. The first-order valence-corrected chi connectivity index (χ1v) is 18.5. The number of unbranched alkanes of at least 4 members (excludes halogenated alkanes) is 2. The maximum atomic E-state index is 14.1. The predicted molar refractivity (Wildman–Crippen MR) is 179 cm³/mol. The highest BCUT2D eigenvalue weighted by Crippen LogP contribution is 2.47. The predicted octanol–water partition coefficient (Wildman–Crippen LogP) is 4.02. The Bertz CT molecular complexity index is 1720. The molecule has 0 bridgehead atoms. The van der Waals surface area contributed by atoms with Crippen LogP contribution in [0, 0.1) is 11.8 Å². The number of amides is 3. The van der Waals surface area contributed by atoms with Crippen molar-refractivity contribution >= 4 is 38.5 Å². The summed E-state index contributed by atoms with van der Waals surface area (Å²) in [6.45, 7) is 8.61. The molecule has 1 aromatic carbocycles. The molecule has 3 heterocycles. The number of carbonyl (C=O) groups excluding carboxylic acids is 3. The Labute approximate surface area is 282 Å². The summed E-state index contributed by atoms with van der Waals surface area (Å²) < 4.78 is 45.3. The Morgan fingerprint density at radius 2 is 1.92 bits per heavy atom. The molecule has 6 rings (SSSR count). The van der Waals surface area contributed by atoms with Crippen molar-refractivity contribution in [2.45, 2.75) is 101 Å². The molecule has 0 radical (unpaired) electrons. The van der Waals surface area contributed by atoms with E-state index in [0.717, 1.165) is 24.6 Å². The maximum Gasteiger partial charge on any atom is 0.259 e. The van der Waals surface area contributed by atoms with Crippen LogP contribution in [-0.4, -0.2) is 78.2 Å². The van der Waals surface area contributed by atoms with Gasteiger partial charge in [-0.3, -0.25) is 19.1 Å². The lowest BCUT2D eigenvalue weighted by molar-refractivity contribution is -0.140. The second kappa shape index (κ2) is 13.2. The van der Waals surface area contributed by atoms with Crippen molar-refractivity contribution in [3.63, 3.8) is 0 Å². The number of nitrogens with one attached hydrogen (secondary N) is 2. The average molecular weight is 683 g/mol. The lowest BCUT2D eigenvalue weighted by Gasteiger charge is -2.27. The van der Waals surface area contributed by atoms with E-state index >= 15 is 0 Å². The lowest BCUT2D eigenvalue weighted by atomic mass is 10.1. The number of ether oxygens (including phenoxy) is 3. The fourth-order valence-corrected chi connectivity index (χ4v) is 7.82. The van der Waals surface area contributed by atoms with Gasteiger partial charge in [0.2, 0.25) is 27.7 Å². The molecular weight excluding hydrogens is 636 g/mol. The summed E-state index contributed by atoms with van der Waals surface area (Å²) in [5, 5.41) is 4.42. The molecule has 1 saturated heterocycles. The van der Waals surface area contributed by atoms with Crippen LogP contribution in [0.4, 0.5) is 0 Å². The largest absolute Gasteiger partial charge is 0.486 e. The van der Waals surface area contributed by atoms with Gasteiger partial charge in [-0.25, -0.2) is 13.4 Å². The summed E-state index contributed by atoms with van der Waals surface area (Å²) in [4.78, 5) is 47.3. The first-order valence-electron chi connectivity index (χ1n) is 17.1. The molecule has 2 N–H and O–H groups in total. The third-order valence-corrected chi connectivity index (χ3v) is 12.0. The van der Waals surface area contributed by atoms with Gasteiger partial charge in [0.05, 0.1) is 11.3 Å². The number of likely N-dealkylation sites (tertiary alicyclic amines) is 1. The zero-order chi connectivity index (χ0) is 34.3. The zero-order valence-corrected chi connectivity index (χ0v) is 28.9. The summed E-state index contributed by atoms with van der Waals surface area (Å²) in [6.07, 6.45) is 9.36. The van der Waals surface area contributed by atoms with Crippen molar-refractivity contribution in [1.29, 1.82) is 0 Å². The SMILES string of the molecule is CCCC/C=C\C1CC1(NC(=O)C1CC(Oc2nccc3c4c(ccc23)OCCO4)CN1C(=O)CC(C)C)C(=O)NS(=O)(=O)C1(C)CC1. The summed E-state index contributed by atoms with van der Waals surface area (Å²) >= 11 is 0. The number of hydrogen-bond acceptors (Lipinski definition) is 9. The van der Waals surface area contributed by atoms with Gasteiger partial charge in [-0.05, 0) is 56.7 Å². The summed E-state index contributed by atoms with van der Waals surface area (Å²) in [5.74, 6) is -0.158. The topological polar surface area (TPSA) is 153 Å². The Hall–Kier alpha value is -3.87. The van der Waals surface area contributed by atoms with Crippen molar-refractivity contribution in [1.82, 2.24) is 19.9 Å². The van der Waals surface area contributed by atoms with Crippen LogP contribution in [0.1, 0.15) is 79.1 Å². The van der Waals surface area contributed by atoms with Crippen molar-refractivity contribution in [2.75, 3.05) is 19.8 Å². The minimum absolute atomic E-state index is 0.0569. The molecule has 1 aromatic heterocycles. The molecule has 12 nitrogen and oxygen atoms in total. The average Bonchev–Trinajstić information content (AvgIpc) is 3.93. The minimum Gasteiger partial charge on any atom is -0.486 e. The number of aromatic nitrogens is 1. The third kappa shape index (κ3) is 6.70. The van der Waals surface area contributed by atoms with Crippen molar-refractivity contribution in [3.05, 3.63) is 36.5 Å². The van der Waals surface area contributed by atoms with Gasteiger partial charge in [0, 0.05) is 35.7 Å². The van der Waals surface area contributed by atoms with E-state index in [4.69, 9.17) is 14.2 Å². The van der Waals surface area contributed by atoms with Crippen LogP contribution in [-0.2, 0) is 24.4 Å². The van der Waals surface area contributed by atoms with Crippen LogP contribution in [0.2, 0.25) is 0 Å². The van der Waals surface area contributed by atoms with E-state index in [0.29, 0.717) is 48.8 Å². The second-order valence-corrected chi connectivity index (χ2v) is 16.4. The molecule has 3 fully saturated rings. The van der Waals surface area contributed by atoms with Gasteiger partial charge < -0.3 is 24.4 Å². The van der Waals surface area contributed by atoms with Gasteiger partial charge in [0.1, 0.15) is 30.9 Å². The third-order valence-electron chi connectivity index (χ3n) is 9.85. The Balaban J connectivity index is 1.24. The molecule has 2 aliphatic carbocycles. The van der Waals surface area contributed by atoms with Gasteiger partial charge in [-0.2, -0.15) is 0 Å². The van der Waals surface area contributed by atoms with Gasteiger partial charge in [0.15, 0.2) is 11.5 Å². The van der Waals surface area contributed by atoms with Gasteiger partial charge >= 0.3 is 0 Å². The fraction of sp³-hybridized carbons (Fsp3) is 0.600. The maximum absolute atomic E-state index is 14.1. The van der Waals surface area contributed by atoms with E-state index in [1.54, 1.807) is 13.1 Å². The first kappa shape index (κ1) is 34.0. The highest BCUT2D eigenvalue weighted by atomic mass is 32.2. The van der Waals surface area contributed by atoms with Crippen molar-refractivity contribution in [3.8, 4) is 17.4 Å². The normalized spacial score (nSPS) is 25.7. The molecule has 3 amide bonds. The summed E-state index contributed by atoms with van der Waals surface area (Å²) in [5.41, 5.74) is -1.43. The number of nitrogens with zero attached hydrogens (tertiary/aromatic N) is 2. The van der Waals surface area contributed by atoms with E-state index < -0.39 is 44.3 Å². The Morgan fingerprint density at radius 3 is 2.65 bits per heavy atom. The molecule has 4 atom stereocenters. The molecule has 4 aliphatic rings. The van der Waals surface area contributed by atoms with Gasteiger partial charge in [0.25, 0.3) is 5.91 Å². The quantitative estimate of drug-likeness (QED) is 0.236. The molecule has 4 unspecified atom stereocenters. The molecule has 260 valence electrons. The standard InChI is InChI=1S/C35H46N4O8S/c1-5-6-7-8-9-23-20-35(23,33(42)38-48(43,44)34(4)13-14-34)37-31(41)27-19-24(21-39(27)29(40)18-22(2)3)47-32-26-10-11-28-30(46-17-16-45-28)25(26)12-15-36-32/h8-12,15,22-24,27H,5-7,13-14,16-21H2,1-4H3,(H,37,41)(H,38,42)/b9-8-. The van der Waals surface area contributed by atoms with Crippen LogP contribution in [0.25, 0.3) is 10.8 Å². The lowest BCUT2D eigenvalue weighted by Crippen LogP contribution is -2.57. The number of allylic oxidation sites excluding steroid dienone is 1. The first-order chi connectivity index (χ1) is 22.9. The highest BCUT2D eigenvalue weighted by molar-refractivity contribution is 7.91. The smallest absolute Gasteiger partial charge is 0.259 e. The van der Waals surface area contributed by atoms with Crippen LogP contribution < -0.4 is 24.2 Å². The van der Waals surface area contributed by atoms with E-state index in [1.165, 1.54) is 4.90 Å². The van der Waals surface area contributed by atoms with Crippen LogP contribution in [0.15, 0.2) is 36.5 Å². The van der Waals surface area contributed by atoms with Crippen LogP contribution in [0.5, 0.6) is 17.4 Å². The zero-order valence-electron chi connectivity index (χ0n) is 28.1. The molecule has 2 saturated carbocycles. The summed E-state index contributed by atoms with van der Waals surface area (Å²) in [6, 6.07) is 4.57. The van der Waals surface area contributed by atoms with E-state index in [9.17, 15) is 22.8 Å².